The minimum Gasteiger partial charge on any atom is -0.258 e. The van der Waals surface area contributed by atoms with Gasteiger partial charge in [-0.25, -0.2) is 9.98 Å². The molecule has 0 aliphatic rings. The second-order valence-electron chi connectivity index (χ2n) is 4.07. The topological polar surface area (TPSA) is 68.4 Å². The smallest absolute Gasteiger partial charge is 0.258 e. The Balaban J connectivity index is 1.89. The van der Waals surface area contributed by atoms with E-state index in [-0.39, 0.29) is 5.69 Å². The third-order valence-corrected chi connectivity index (χ3v) is 3.63. The Morgan fingerprint density at radius 2 is 2.05 bits per heavy atom. The number of nitrogens with zero attached hydrogens (tertiary/aromatic N) is 3. The van der Waals surface area contributed by atoms with E-state index in [1.54, 1.807) is 18.3 Å². The van der Waals surface area contributed by atoms with Crippen molar-refractivity contribution in [1.29, 1.82) is 0 Å². The lowest BCUT2D eigenvalue weighted by Crippen LogP contribution is -1.89. The van der Waals surface area contributed by atoms with Crippen molar-refractivity contribution in [3.8, 4) is 0 Å². The average Bonchev–Trinajstić information content (AvgIpc) is 2.88. The molecule has 5 nitrogen and oxygen atoms in total. The summed E-state index contributed by atoms with van der Waals surface area (Å²) >= 11 is 1.48. The van der Waals surface area contributed by atoms with Gasteiger partial charge in [0.05, 0.1) is 15.1 Å². The van der Waals surface area contributed by atoms with Crippen LogP contribution in [0.1, 0.15) is 5.56 Å². The van der Waals surface area contributed by atoms with Crippen LogP contribution in [0.4, 0.5) is 10.8 Å². The maximum Gasteiger partial charge on any atom is 0.270 e. The van der Waals surface area contributed by atoms with Crippen molar-refractivity contribution in [2.75, 3.05) is 0 Å². The molecule has 0 atom stereocenters. The summed E-state index contributed by atoms with van der Waals surface area (Å²) in [6.45, 7) is 0. The van der Waals surface area contributed by atoms with Crippen LogP contribution < -0.4 is 0 Å². The Bertz CT molecular complexity index is 778. The summed E-state index contributed by atoms with van der Waals surface area (Å²) in [7, 11) is 0. The molecule has 0 radical (unpaired) electrons. The molecule has 1 aromatic heterocycles. The molecule has 0 fully saturated rings. The molecule has 6 heteroatoms. The van der Waals surface area contributed by atoms with Crippen LogP contribution in [0, 0.1) is 10.1 Å². The largest absolute Gasteiger partial charge is 0.270 e. The number of benzene rings is 2. The van der Waals surface area contributed by atoms with Crippen molar-refractivity contribution in [2.45, 2.75) is 0 Å². The van der Waals surface area contributed by atoms with Crippen LogP contribution in [0.5, 0.6) is 0 Å². The fourth-order valence-corrected chi connectivity index (χ4v) is 2.57. The number of aromatic nitrogens is 1. The quantitative estimate of drug-likeness (QED) is 0.415. The van der Waals surface area contributed by atoms with E-state index in [0.29, 0.717) is 10.7 Å². The van der Waals surface area contributed by atoms with Gasteiger partial charge in [0.1, 0.15) is 0 Å². The number of thiazole rings is 1. The summed E-state index contributed by atoms with van der Waals surface area (Å²) in [5.74, 6) is 0. The van der Waals surface area contributed by atoms with Gasteiger partial charge in [-0.2, -0.15) is 0 Å². The number of nitro benzene ring substituents is 1. The number of nitro groups is 1. The van der Waals surface area contributed by atoms with E-state index < -0.39 is 4.92 Å². The molecule has 0 spiro atoms. The summed E-state index contributed by atoms with van der Waals surface area (Å²) in [5.41, 5.74) is 1.64. The molecule has 0 unspecified atom stereocenters. The monoisotopic (exact) mass is 283 g/mol. The SMILES string of the molecule is O=[N+]([O-])c1cccc(/C=N\c2nc3ccccc3s2)c1. The molecule has 0 bridgehead atoms. The third kappa shape index (κ3) is 2.55. The Kier molecular flexibility index (Phi) is 3.22. The van der Waals surface area contributed by atoms with Crippen LogP contribution in [0.15, 0.2) is 53.5 Å². The molecule has 3 rings (SSSR count). The van der Waals surface area contributed by atoms with Gasteiger partial charge in [0.25, 0.3) is 5.69 Å². The molecule has 1 heterocycles. The molecule has 3 aromatic rings. The van der Waals surface area contributed by atoms with Crippen molar-refractivity contribution < 1.29 is 4.92 Å². The van der Waals surface area contributed by atoms with Crippen LogP contribution in [-0.4, -0.2) is 16.1 Å². The highest BCUT2D eigenvalue weighted by molar-refractivity contribution is 7.22. The van der Waals surface area contributed by atoms with Gasteiger partial charge in [0.15, 0.2) is 0 Å². The standard InChI is InChI=1S/C14H9N3O2S/c18-17(19)11-5-3-4-10(8-11)9-15-14-16-12-6-1-2-7-13(12)20-14/h1-9H/b15-9-. The zero-order valence-electron chi connectivity index (χ0n) is 10.3. The van der Waals surface area contributed by atoms with Crippen LogP contribution >= 0.6 is 11.3 Å². The highest BCUT2D eigenvalue weighted by Crippen LogP contribution is 2.27. The number of non-ortho nitro benzene ring substituents is 1. The van der Waals surface area contributed by atoms with Gasteiger partial charge in [-0.05, 0) is 17.7 Å². The Labute approximate surface area is 118 Å². The fraction of sp³-hybridized carbons (Fsp3) is 0. The van der Waals surface area contributed by atoms with Gasteiger partial charge in [-0.1, -0.05) is 35.6 Å². The summed E-state index contributed by atoms with van der Waals surface area (Å²) in [6, 6.07) is 14.1. The van der Waals surface area contributed by atoms with Gasteiger partial charge in [-0.3, -0.25) is 10.1 Å². The minimum absolute atomic E-state index is 0.0539. The molecular formula is C14H9N3O2S. The summed E-state index contributed by atoms with van der Waals surface area (Å²) in [6.07, 6.45) is 1.59. The molecule has 0 saturated heterocycles. The van der Waals surface area contributed by atoms with E-state index in [1.807, 2.05) is 24.3 Å². The number of hydrogen-bond donors (Lipinski definition) is 0. The van der Waals surface area contributed by atoms with Crippen LogP contribution in [0.3, 0.4) is 0 Å². The Morgan fingerprint density at radius 1 is 1.20 bits per heavy atom. The highest BCUT2D eigenvalue weighted by atomic mass is 32.1. The number of hydrogen-bond acceptors (Lipinski definition) is 5. The number of fused-ring (bicyclic) bond motifs is 1. The molecule has 0 aliphatic heterocycles. The first-order chi connectivity index (χ1) is 9.72. The Hall–Kier alpha value is -2.60. The summed E-state index contributed by atoms with van der Waals surface area (Å²) in [5, 5.41) is 11.3. The van der Waals surface area contributed by atoms with Crippen molar-refractivity contribution in [3.05, 3.63) is 64.2 Å². The molecule has 2 aromatic carbocycles. The van der Waals surface area contributed by atoms with E-state index >= 15 is 0 Å². The van der Waals surface area contributed by atoms with E-state index in [0.717, 1.165) is 10.2 Å². The zero-order valence-corrected chi connectivity index (χ0v) is 11.1. The number of aliphatic imine (C=N–C) groups is 1. The van der Waals surface area contributed by atoms with Crippen LogP contribution in [0.25, 0.3) is 10.2 Å². The lowest BCUT2D eigenvalue weighted by Gasteiger charge is -1.92. The highest BCUT2D eigenvalue weighted by Gasteiger charge is 2.04. The van der Waals surface area contributed by atoms with Crippen molar-refractivity contribution >= 4 is 38.6 Å². The van der Waals surface area contributed by atoms with Gasteiger partial charge < -0.3 is 0 Å². The molecule has 20 heavy (non-hydrogen) atoms. The van der Waals surface area contributed by atoms with E-state index in [4.69, 9.17) is 0 Å². The lowest BCUT2D eigenvalue weighted by molar-refractivity contribution is -0.384. The van der Waals surface area contributed by atoms with Gasteiger partial charge in [0, 0.05) is 18.3 Å². The molecule has 0 aliphatic carbocycles. The number of rotatable bonds is 3. The first-order valence-electron chi connectivity index (χ1n) is 5.86. The molecule has 0 N–H and O–H groups in total. The normalized spacial score (nSPS) is 11.2. The molecular weight excluding hydrogens is 274 g/mol. The second kappa shape index (κ2) is 5.18. The summed E-state index contributed by atoms with van der Waals surface area (Å²) < 4.78 is 1.07. The predicted molar refractivity (Wildman–Crippen MR) is 80.0 cm³/mol. The van der Waals surface area contributed by atoms with E-state index in [9.17, 15) is 10.1 Å². The third-order valence-electron chi connectivity index (χ3n) is 2.69. The first-order valence-corrected chi connectivity index (χ1v) is 6.68. The first kappa shape index (κ1) is 12.4. The molecule has 0 amide bonds. The number of para-hydroxylation sites is 1. The second-order valence-corrected chi connectivity index (χ2v) is 5.08. The lowest BCUT2D eigenvalue weighted by atomic mass is 10.2. The van der Waals surface area contributed by atoms with Gasteiger partial charge in [0.2, 0.25) is 5.13 Å². The maximum absolute atomic E-state index is 10.7. The van der Waals surface area contributed by atoms with Crippen LogP contribution in [-0.2, 0) is 0 Å². The van der Waals surface area contributed by atoms with E-state index in [1.165, 1.54) is 23.5 Å². The molecule has 98 valence electrons. The van der Waals surface area contributed by atoms with Crippen molar-refractivity contribution in [3.63, 3.8) is 0 Å². The van der Waals surface area contributed by atoms with Gasteiger partial charge >= 0.3 is 0 Å². The fourth-order valence-electron chi connectivity index (χ4n) is 1.76. The molecule has 0 saturated carbocycles. The summed E-state index contributed by atoms with van der Waals surface area (Å²) in [4.78, 5) is 18.9. The average molecular weight is 283 g/mol. The zero-order chi connectivity index (χ0) is 13.9. The predicted octanol–water partition coefficient (Wildman–Crippen LogP) is 3.96. The van der Waals surface area contributed by atoms with Crippen molar-refractivity contribution in [1.82, 2.24) is 4.98 Å². The van der Waals surface area contributed by atoms with Crippen LogP contribution in [0.2, 0.25) is 0 Å². The minimum atomic E-state index is -0.422. The Morgan fingerprint density at radius 3 is 2.85 bits per heavy atom. The van der Waals surface area contributed by atoms with Crippen molar-refractivity contribution in [2.24, 2.45) is 4.99 Å². The maximum atomic E-state index is 10.7. The van der Waals surface area contributed by atoms with E-state index in [2.05, 4.69) is 9.98 Å². The van der Waals surface area contributed by atoms with Gasteiger partial charge in [-0.15, -0.1) is 0 Å².